The molecule has 0 fully saturated rings. The number of benzene rings is 1. The molecule has 1 aliphatic carbocycles. The van der Waals surface area contributed by atoms with E-state index in [0.717, 1.165) is 17.7 Å². The van der Waals surface area contributed by atoms with E-state index in [9.17, 15) is 4.79 Å². The van der Waals surface area contributed by atoms with Crippen LogP contribution in [0.25, 0.3) is 17.2 Å². The average Bonchev–Trinajstić information content (AvgIpc) is 3.30. The van der Waals surface area contributed by atoms with Crippen molar-refractivity contribution in [3.05, 3.63) is 70.2 Å². The SMILES string of the molecule is O=C1CC(c2cccs2)Cc2nc3nc(-c4ccccc4)nn3cc21. The minimum Gasteiger partial charge on any atom is -0.294 e. The summed E-state index contributed by atoms with van der Waals surface area (Å²) < 4.78 is 1.62. The fourth-order valence-corrected chi connectivity index (χ4v) is 4.15. The van der Waals surface area contributed by atoms with E-state index in [0.29, 0.717) is 23.6 Å². The number of hydrogen-bond acceptors (Lipinski definition) is 5. The molecule has 0 saturated heterocycles. The fourth-order valence-electron chi connectivity index (χ4n) is 3.32. The summed E-state index contributed by atoms with van der Waals surface area (Å²) in [6, 6.07) is 13.9. The van der Waals surface area contributed by atoms with Crippen molar-refractivity contribution < 1.29 is 4.79 Å². The number of thiophene rings is 1. The molecule has 0 saturated carbocycles. The van der Waals surface area contributed by atoms with Gasteiger partial charge < -0.3 is 0 Å². The summed E-state index contributed by atoms with van der Waals surface area (Å²) >= 11 is 1.70. The van der Waals surface area contributed by atoms with Crippen molar-refractivity contribution in [3.8, 4) is 11.4 Å². The van der Waals surface area contributed by atoms with Gasteiger partial charge in [0.05, 0.1) is 11.3 Å². The monoisotopic (exact) mass is 346 g/mol. The van der Waals surface area contributed by atoms with Crippen LogP contribution in [0.5, 0.6) is 0 Å². The minimum atomic E-state index is 0.130. The quantitative estimate of drug-likeness (QED) is 0.554. The largest absolute Gasteiger partial charge is 0.294 e. The molecule has 6 heteroatoms. The first-order chi connectivity index (χ1) is 12.3. The van der Waals surface area contributed by atoms with Crippen molar-refractivity contribution >= 4 is 22.9 Å². The maximum atomic E-state index is 12.6. The Hall–Kier alpha value is -2.86. The van der Waals surface area contributed by atoms with E-state index in [2.05, 4.69) is 26.5 Å². The zero-order chi connectivity index (χ0) is 16.8. The summed E-state index contributed by atoms with van der Waals surface area (Å²) in [7, 11) is 0. The first kappa shape index (κ1) is 14.5. The Kier molecular flexibility index (Phi) is 3.24. The van der Waals surface area contributed by atoms with Crippen LogP contribution in [-0.2, 0) is 6.42 Å². The molecule has 1 aliphatic rings. The molecule has 1 unspecified atom stereocenters. The first-order valence-corrected chi connectivity index (χ1v) is 9.04. The van der Waals surface area contributed by atoms with Gasteiger partial charge in [-0.1, -0.05) is 36.4 Å². The standard InChI is InChI=1S/C19H14N4OS/c24-16-10-13(17-7-4-8-25-17)9-15-14(16)11-23-19(20-15)21-18(22-23)12-5-2-1-3-6-12/h1-8,11,13H,9-10H2. The van der Waals surface area contributed by atoms with E-state index in [1.807, 2.05) is 36.4 Å². The van der Waals surface area contributed by atoms with Crippen molar-refractivity contribution in [3.63, 3.8) is 0 Å². The highest BCUT2D eigenvalue weighted by Crippen LogP contribution is 2.34. The number of rotatable bonds is 2. The molecular formula is C19H14N4OS. The lowest BCUT2D eigenvalue weighted by Gasteiger charge is -2.21. The van der Waals surface area contributed by atoms with E-state index < -0.39 is 0 Å². The number of carbonyl (C=O) groups excluding carboxylic acids is 1. The number of Topliss-reactive ketones (excluding diaryl/α,β-unsaturated/α-hetero) is 1. The molecule has 0 aliphatic heterocycles. The smallest absolute Gasteiger partial charge is 0.252 e. The zero-order valence-electron chi connectivity index (χ0n) is 13.3. The van der Waals surface area contributed by atoms with Gasteiger partial charge in [-0.15, -0.1) is 16.4 Å². The van der Waals surface area contributed by atoms with Gasteiger partial charge in [0.15, 0.2) is 11.6 Å². The van der Waals surface area contributed by atoms with Crippen LogP contribution in [0.3, 0.4) is 0 Å². The summed E-state index contributed by atoms with van der Waals surface area (Å²) in [4.78, 5) is 23.0. The third-order valence-electron chi connectivity index (χ3n) is 4.56. The lowest BCUT2D eigenvalue weighted by Crippen LogP contribution is -2.20. The van der Waals surface area contributed by atoms with Crippen LogP contribution in [0, 0.1) is 0 Å². The predicted molar refractivity (Wildman–Crippen MR) is 95.9 cm³/mol. The van der Waals surface area contributed by atoms with E-state index in [1.54, 1.807) is 22.0 Å². The molecule has 1 atom stereocenters. The normalized spacial score (nSPS) is 17.0. The van der Waals surface area contributed by atoms with Crippen LogP contribution in [0.4, 0.5) is 0 Å². The second kappa shape index (κ2) is 5.60. The summed E-state index contributed by atoms with van der Waals surface area (Å²) in [6.07, 6.45) is 3.08. The molecule has 5 rings (SSSR count). The van der Waals surface area contributed by atoms with Crippen molar-refractivity contribution in [1.82, 2.24) is 19.6 Å². The van der Waals surface area contributed by atoms with Gasteiger partial charge in [0, 0.05) is 29.0 Å². The highest BCUT2D eigenvalue weighted by molar-refractivity contribution is 7.10. The predicted octanol–water partition coefficient (Wildman–Crippen LogP) is 3.77. The molecule has 0 N–H and O–H groups in total. The number of fused-ring (bicyclic) bond motifs is 2. The van der Waals surface area contributed by atoms with Crippen LogP contribution in [0.15, 0.2) is 54.0 Å². The molecule has 0 spiro atoms. The molecule has 122 valence electrons. The van der Waals surface area contributed by atoms with E-state index in [1.165, 1.54) is 4.88 Å². The van der Waals surface area contributed by atoms with Gasteiger partial charge >= 0.3 is 0 Å². The summed E-state index contributed by atoms with van der Waals surface area (Å²) in [5.74, 6) is 1.51. The number of ketones is 1. The highest BCUT2D eigenvalue weighted by Gasteiger charge is 2.29. The van der Waals surface area contributed by atoms with E-state index in [4.69, 9.17) is 0 Å². The van der Waals surface area contributed by atoms with Crippen LogP contribution < -0.4 is 0 Å². The molecule has 25 heavy (non-hydrogen) atoms. The Bertz CT molecular complexity index is 1070. The van der Waals surface area contributed by atoms with Crippen molar-refractivity contribution in [1.29, 1.82) is 0 Å². The van der Waals surface area contributed by atoms with Crippen LogP contribution in [-0.4, -0.2) is 25.4 Å². The molecule has 5 nitrogen and oxygen atoms in total. The Morgan fingerprint density at radius 3 is 2.72 bits per heavy atom. The van der Waals surface area contributed by atoms with Crippen molar-refractivity contribution in [2.45, 2.75) is 18.8 Å². The van der Waals surface area contributed by atoms with Gasteiger partial charge in [0.2, 0.25) is 0 Å². The maximum absolute atomic E-state index is 12.6. The Morgan fingerprint density at radius 2 is 1.92 bits per heavy atom. The highest BCUT2D eigenvalue weighted by atomic mass is 32.1. The van der Waals surface area contributed by atoms with Gasteiger partial charge in [-0.05, 0) is 17.9 Å². The Labute approximate surface area is 148 Å². The number of aromatic nitrogens is 4. The third kappa shape index (κ3) is 2.46. The molecule has 0 amide bonds. The van der Waals surface area contributed by atoms with Crippen molar-refractivity contribution in [2.75, 3.05) is 0 Å². The van der Waals surface area contributed by atoms with Gasteiger partial charge in [-0.2, -0.15) is 4.98 Å². The number of hydrogen-bond donors (Lipinski definition) is 0. The molecule has 0 bridgehead atoms. The van der Waals surface area contributed by atoms with Crippen molar-refractivity contribution in [2.24, 2.45) is 0 Å². The zero-order valence-corrected chi connectivity index (χ0v) is 14.1. The molecule has 4 aromatic rings. The topological polar surface area (TPSA) is 60.2 Å². The molecule has 3 aromatic heterocycles. The maximum Gasteiger partial charge on any atom is 0.252 e. The summed E-state index contributed by atoms with van der Waals surface area (Å²) in [5, 5.41) is 6.54. The fraction of sp³-hybridized carbons (Fsp3) is 0.158. The summed E-state index contributed by atoms with van der Waals surface area (Å²) in [5.41, 5.74) is 2.44. The molecule has 3 heterocycles. The van der Waals surface area contributed by atoms with E-state index in [-0.39, 0.29) is 11.7 Å². The van der Waals surface area contributed by atoms with Gasteiger partial charge in [0.1, 0.15) is 0 Å². The van der Waals surface area contributed by atoms with Gasteiger partial charge in [-0.3, -0.25) is 4.79 Å². The lowest BCUT2D eigenvalue weighted by atomic mass is 9.86. The van der Waals surface area contributed by atoms with Gasteiger partial charge in [-0.25, -0.2) is 9.50 Å². The Morgan fingerprint density at radius 1 is 1.04 bits per heavy atom. The van der Waals surface area contributed by atoms with E-state index >= 15 is 0 Å². The minimum absolute atomic E-state index is 0.130. The lowest BCUT2D eigenvalue weighted by molar-refractivity contribution is 0.0963. The second-order valence-electron chi connectivity index (χ2n) is 6.19. The molecule has 1 aromatic carbocycles. The van der Waals surface area contributed by atoms with Crippen LogP contribution >= 0.6 is 11.3 Å². The average molecular weight is 346 g/mol. The number of nitrogens with zero attached hydrogens (tertiary/aromatic N) is 4. The van der Waals surface area contributed by atoms with Crippen LogP contribution in [0.2, 0.25) is 0 Å². The Balaban J connectivity index is 1.59. The third-order valence-corrected chi connectivity index (χ3v) is 5.59. The number of carbonyl (C=O) groups is 1. The van der Waals surface area contributed by atoms with Crippen LogP contribution in [0.1, 0.15) is 33.3 Å². The first-order valence-electron chi connectivity index (χ1n) is 8.16. The second-order valence-corrected chi connectivity index (χ2v) is 7.17. The molecule has 0 radical (unpaired) electrons. The summed E-state index contributed by atoms with van der Waals surface area (Å²) in [6.45, 7) is 0. The van der Waals surface area contributed by atoms with Gasteiger partial charge in [0.25, 0.3) is 5.78 Å². The molecular weight excluding hydrogens is 332 g/mol.